The highest BCUT2D eigenvalue weighted by Crippen LogP contribution is 2.16. The molecule has 0 saturated carbocycles. The molecule has 0 saturated heterocycles. The minimum atomic E-state index is -0.0284. The van der Waals surface area contributed by atoms with Gasteiger partial charge < -0.3 is 10.6 Å². The monoisotopic (exact) mass is 282 g/mol. The molecule has 1 amide bonds. The molecule has 0 radical (unpaired) electrons. The number of nitrogens with one attached hydrogen (secondary N) is 2. The zero-order valence-electron chi connectivity index (χ0n) is 12.8. The van der Waals surface area contributed by atoms with Gasteiger partial charge in [0.05, 0.1) is 6.54 Å². The molecule has 1 atom stereocenters. The quantitative estimate of drug-likeness (QED) is 0.880. The summed E-state index contributed by atoms with van der Waals surface area (Å²) in [6.45, 7) is 6.47. The fourth-order valence-electron chi connectivity index (χ4n) is 2.27. The van der Waals surface area contributed by atoms with Crippen molar-refractivity contribution in [3.8, 4) is 0 Å². The van der Waals surface area contributed by atoms with Crippen LogP contribution < -0.4 is 10.6 Å². The van der Waals surface area contributed by atoms with Gasteiger partial charge in [-0.15, -0.1) is 0 Å². The third kappa shape index (κ3) is 4.43. The molecule has 2 aromatic rings. The van der Waals surface area contributed by atoms with Crippen LogP contribution in [0.3, 0.4) is 0 Å². The molecule has 0 spiro atoms. The van der Waals surface area contributed by atoms with Gasteiger partial charge in [0.1, 0.15) is 0 Å². The van der Waals surface area contributed by atoms with Gasteiger partial charge in [-0.05, 0) is 44.0 Å². The highest BCUT2D eigenvalue weighted by atomic mass is 16.1. The van der Waals surface area contributed by atoms with Gasteiger partial charge in [-0.3, -0.25) is 4.79 Å². The van der Waals surface area contributed by atoms with Crippen molar-refractivity contribution >= 4 is 11.6 Å². The Labute approximate surface area is 126 Å². The summed E-state index contributed by atoms with van der Waals surface area (Å²) in [7, 11) is 0. The number of anilines is 1. The lowest BCUT2D eigenvalue weighted by Gasteiger charge is -2.16. The van der Waals surface area contributed by atoms with Crippen molar-refractivity contribution in [2.24, 2.45) is 0 Å². The molecule has 110 valence electrons. The summed E-state index contributed by atoms with van der Waals surface area (Å²) in [5.74, 6) is -0.0284. The van der Waals surface area contributed by atoms with Crippen LogP contribution in [0.2, 0.25) is 0 Å². The van der Waals surface area contributed by atoms with Gasteiger partial charge in [0.15, 0.2) is 0 Å². The van der Waals surface area contributed by atoms with Crippen LogP contribution in [0, 0.1) is 13.8 Å². The number of hydrogen-bond acceptors (Lipinski definition) is 2. The standard InChI is InChI=1S/C18H22N2O/c1-13-8-10-16(11-9-13)20-18(21)12-19-15(3)17-7-5-4-6-14(17)2/h4-11,15,19H,12H2,1-3H3,(H,20,21). The topological polar surface area (TPSA) is 41.1 Å². The molecular weight excluding hydrogens is 260 g/mol. The largest absolute Gasteiger partial charge is 0.325 e. The van der Waals surface area contributed by atoms with Crippen molar-refractivity contribution in [1.82, 2.24) is 5.32 Å². The molecule has 2 aromatic carbocycles. The van der Waals surface area contributed by atoms with E-state index in [4.69, 9.17) is 0 Å². The molecule has 0 bridgehead atoms. The smallest absolute Gasteiger partial charge is 0.238 e. The summed E-state index contributed by atoms with van der Waals surface area (Å²) in [5.41, 5.74) is 4.47. The second-order valence-corrected chi connectivity index (χ2v) is 5.37. The Morgan fingerprint density at radius 3 is 2.38 bits per heavy atom. The molecular formula is C18H22N2O. The molecule has 21 heavy (non-hydrogen) atoms. The molecule has 0 aliphatic heterocycles. The summed E-state index contributed by atoms with van der Waals surface area (Å²) in [4.78, 5) is 11.9. The van der Waals surface area contributed by atoms with Gasteiger partial charge in [-0.2, -0.15) is 0 Å². The van der Waals surface area contributed by atoms with E-state index in [2.05, 4.69) is 36.6 Å². The lowest BCUT2D eigenvalue weighted by molar-refractivity contribution is -0.115. The van der Waals surface area contributed by atoms with Gasteiger partial charge >= 0.3 is 0 Å². The molecule has 2 N–H and O–H groups in total. The Bertz CT molecular complexity index is 605. The summed E-state index contributed by atoms with van der Waals surface area (Å²) in [5, 5.41) is 6.15. The average molecular weight is 282 g/mol. The Kier molecular flexibility index (Phi) is 5.12. The maximum atomic E-state index is 11.9. The van der Waals surface area contributed by atoms with Crippen molar-refractivity contribution in [2.45, 2.75) is 26.8 Å². The third-order valence-electron chi connectivity index (χ3n) is 3.56. The third-order valence-corrected chi connectivity index (χ3v) is 3.56. The average Bonchev–Trinajstić information content (AvgIpc) is 2.48. The van der Waals surface area contributed by atoms with E-state index in [9.17, 15) is 4.79 Å². The maximum Gasteiger partial charge on any atom is 0.238 e. The van der Waals surface area contributed by atoms with Crippen LogP contribution in [0.1, 0.15) is 29.7 Å². The normalized spacial score (nSPS) is 12.0. The van der Waals surface area contributed by atoms with E-state index in [0.29, 0.717) is 6.54 Å². The summed E-state index contributed by atoms with van der Waals surface area (Å²) in [6.07, 6.45) is 0. The van der Waals surface area contributed by atoms with E-state index >= 15 is 0 Å². The van der Waals surface area contributed by atoms with Crippen LogP contribution in [0.25, 0.3) is 0 Å². The molecule has 1 unspecified atom stereocenters. The highest BCUT2D eigenvalue weighted by molar-refractivity contribution is 5.92. The minimum absolute atomic E-state index is 0.0284. The number of benzene rings is 2. The highest BCUT2D eigenvalue weighted by Gasteiger charge is 2.09. The SMILES string of the molecule is Cc1ccc(NC(=O)CNC(C)c2ccccc2C)cc1. The van der Waals surface area contributed by atoms with Crippen molar-refractivity contribution < 1.29 is 4.79 Å². The van der Waals surface area contributed by atoms with E-state index < -0.39 is 0 Å². The lowest BCUT2D eigenvalue weighted by atomic mass is 10.0. The predicted molar refractivity (Wildman–Crippen MR) is 87.4 cm³/mol. The summed E-state index contributed by atoms with van der Waals surface area (Å²) in [6, 6.07) is 16.2. The molecule has 0 fully saturated rings. The van der Waals surface area contributed by atoms with E-state index in [0.717, 1.165) is 5.69 Å². The van der Waals surface area contributed by atoms with E-state index in [1.165, 1.54) is 16.7 Å². The second-order valence-electron chi connectivity index (χ2n) is 5.37. The van der Waals surface area contributed by atoms with Crippen LogP contribution in [-0.4, -0.2) is 12.5 Å². The van der Waals surface area contributed by atoms with E-state index in [1.54, 1.807) is 0 Å². The van der Waals surface area contributed by atoms with Crippen LogP contribution in [0.4, 0.5) is 5.69 Å². The van der Waals surface area contributed by atoms with Crippen molar-refractivity contribution in [1.29, 1.82) is 0 Å². The zero-order chi connectivity index (χ0) is 15.2. The van der Waals surface area contributed by atoms with Crippen LogP contribution >= 0.6 is 0 Å². The van der Waals surface area contributed by atoms with Crippen molar-refractivity contribution in [2.75, 3.05) is 11.9 Å². The number of hydrogen-bond donors (Lipinski definition) is 2. The first-order chi connectivity index (χ1) is 10.1. The first kappa shape index (κ1) is 15.3. The maximum absolute atomic E-state index is 11.9. The number of carbonyl (C=O) groups is 1. The predicted octanol–water partition coefficient (Wildman–Crippen LogP) is 3.59. The van der Waals surface area contributed by atoms with Crippen molar-refractivity contribution in [3.05, 3.63) is 65.2 Å². The van der Waals surface area contributed by atoms with Gasteiger partial charge in [0, 0.05) is 11.7 Å². The minimum Gasteiger partial charge on any atom is -0.325 e. The molecule has 0 aliphatic rings. The first-order valence-electron chi connectivity index (χ1n) is 7.21. The Balaban J connectivity index is 1.86. The van der Waals surface area contributed by atoms with Gasteiger partial charge in [-0.1, -0.05) is 42.0 Å². The first-order valence-corrected chi connectivity index (χ1v) is 7.21. The molecule has 0 aromatic heterocycles. The van der Waals surface area contributed by atoms with Crippen LogP contribution in [0.15, 0.2) is 48.5 Å². The molecule has 3 nitrogen and oxygen atoms in total. The second kappa shape index (κ2) is 7.04. The number of amides is 1. The van der Waals surface area contributed by atoms with Crippen molar-refractivity contribution in [3.63, 3.8) is 0 Å². The number of carbonyl (C=O) groups excluding carboxylic acids is 1. The Morgan fingerprint density at radius 2 is 1.71 bits per heavy atom. The Morgan fingerprint density at radius 1 is 1.05 bits per heavy atom. The van der Waals surface area contributed by atoms with Gasteiger partial charge in [0.25, 0.3) is 0 Å². The van der Waals surface area contributed by atoms with Crippen LogP contribution in [0.5, 0.6) is 0 Å². The Hall–Kier alpha value is -2.13. The number of rotatable bonds is 5. The fourth-order valence-corrected chi connectivity index (χ4v) is 2.27. The molecule has 3 heteroatoms. The van der Waals surface area contributed by atoms with E-state index in [-0.39, 0.29) is 11.9 Å². The lowest BCUT2D eigenvalue weighted by Crippen LogP contribution is -2.30. The van der Waals surface area contributed by atoms with E-state index in [1.807, 2.05) is 43.3 Å². The summed E-state index contributed by atoms with van der Waals surface area (Å²) < 4.78 is 0. The molecule has 0 aliphatic carbocycles. The molecule has 0 heterocycles. The molecule has 2 rings (SSSR count). The van der Waals surface area contributed by atoms with Crippen LogP contribution in [-0.2, 0) is 4.79 Å². The zero-order valence-corrected chi connectivity index (χ0v) is 12.8. The fraction of sp³-hybridized carbons (Fsp3) is 0.278. The van der Waals surface area contributed by atoms with Gasteiger partial charge in [0.2, 0.25) is 5.91 Å². The summed E-state index contributed by atoms with van der Waals surface area (Å²) >= 11 is 0. The van der Waals surface area contributed by atoms with Gasteiger partial charge in [-0.25, -0.2) is 0 Å². The number of aryl methyl sites for hydroxylation is 2.